The highest BCUT2D eigenvalue weighted by Gasteiger charge is 2.29. The number of benzene rings is 2. The summed E-state index contributed by atoms with van der Waals surface area (Å²) in [5.41, 5.74) is 3.32. The van der Waals surface area contributed by atoms with E-state index in [0.29, 0.717) is 11.1 Å². The summed E-state index contributed by atoms with van der Waals surface area (Å²) < 4.78 is 0. The Labute approximate surface area is 138 Å². The van der Waals surface area contributed by atoms with Crippen LogP contribution in [0.2, 0.25) is 0 Å². The van der Waals surface area contributed by atoms with E-state index in [-0.39, 0.29) is 0 Å². The number of carbonyl (C=O) groups is 1. The van der Waals surface area contributed by atoms with Crippen molar-refractivity contribution in [3.05, 3.63) is 82.6 Å². The molecule has 23 heavy (non-hydrogen) atoms. The summed E-state index contributed by atoms with van der Waals surface area (Å²) in [5, 5.41) is 23.5. The standard InChI is InChI=1S/C19H16O3S/c20-18(16-10-11-23-12-16)17(19(21)22)15-8-6-14(7-9-15)13-4-2-1-3-5-13/h1-12,17-18,20H,(H,21,22)/t17-,18-/m1/s1. The van der Waals surface area contributed by atoms with Gasteiger partial charge in [-0.25, -0.2) is 0 Å². The lowest BCUT2D eigenvalue weighted by Gasteiger charge is -2.19. The molecule has 0 radical (unpaired) electrons. The number of hydrogen-bond acceptors (Lipinski definition) is 3. The molecular formula is C19H16O3S. The number of aliphatic hydroxyl groups excluding tert-OH is 1. The predicted molar refractivity (Wildman–Crippen MR) is 91.5 cm³/mol. The van der Waals surface area contributed by atoms with E-state index in [1.165, 1.54) is 11.3 Å². The number of thiophene rings is 1. The summed E-state index contributed by atoms with van der Waals surface area (Å²) >= 11 is 1.44. The minimum absolute atomic E-state index is 0.593. The predicted octanol–water partition coefficient (Wildman–Crippen LogP) is 4.32. The fraction of sp³-hybridized carbons (Fsp3) is 0.105. The van der Waals surface area contributed by atoms with Gasteiger partial charge in [-0.3, -0.25) is 4.79 Å². The maximum atomic E-state index is 11.6. The van der Waals surface area contributed by atoms with Gasteiger partial charge in [0, 0.05) is 0 Å². The molecule has 3 aromatic rings. The Morgan fingerprint density at radius 2 is 1.52 bits per heavy atom. The highest BCUT2D eigenvalue weighted by molar-refractivity contribution is 7.07. The van der Waals surface area contributed by atoms with E-state index in [2.05, 4.69) is 0 Å². The number of aliphatic carboxylic acids is 1. The lowest BCUT2D eigenvalue weighted by molar-refractivity contribution is -0.141. The number of carboxylic acids is 1. The fourth-order valence-corrected chi connectivity index (χ4v) is 3.30. The molecule has 0 bridgehead atoms. The SMILES string of the molecule is O=C(O)[C@H](c1ccc(-c2ccccc2)cc1)[C@H](O)c1ccsc1. The molecule has 2 N–H and O–H groups in total. The van der Waals surface area contributed by atoms with Crippen molar-refractivity contribution in [1.82, 2.24) is 0 Å². The molecule has 0 aliphatic rings. The van der Waals surface area contributed by atoms with Crippen molar-refractivity contribution in [2.24, 2.45) is 0 Å². The van der Waals surface area contributed by atoms with Gasteiger partial charge in [-0.05, 0) is 39.1 Å². The smallest absolute Gasteiger partial charge is 0.314 e. The molecule has 3 rings (SSSR count). The van der Waals surface area contributed by atoms with Gasteiger partial charge in [0.25, 0.3) is 0 Å². The Morgan fingerprint density at radius 3 is 2.09 bits per heavy atom. The highest BCUT2D eigenvalue weighted by atomic mass is 32.1. The van der Waals surface area contributed by atoms with Crippen LogP contribution in [-0.2, 0) is 4.79 Å². The van der Waals surface area contributed by atoms with Crippen LogP contribution in [0.3, 0.4) is 0 Å². The molecule has 2 atom stereocenters. The minimum Gasteiger partial charge on any atom is -0.481 e. The van der Waals surface area contributed by atoms with E-state index in [4.69, 9.17) is 0 Å². The van der Waals surface area contributed by atoms with Crippen LogP contribution in [0.5, 0.6) is 0 Å². The Kier molecular flexibility index (Phi) is 4.55. The third kappa shape index (κ3) is 3.33. The van der Waals surface area contributed by atoms with Gasteiger partial charge in [0.1, 0.15) is 5.92 Å². The molecule has 3 nitrogen and oxygen atoms in total. The van der Waals surface area contributed by atoms with Gasteiger partial charge in [-0.1, -0.05) is 54.6 Å². The monoisotopic (exact) mass is 324 g/mol. The Balaban J connectivity index is 1.91. The zero-order chi connectivity index (χ0) is 16.2. The Morgan fingerprint density at radius 1 is 0.870 bits per heavy atom. The summed E-state index contributed by atoms with van der Waals surface area (Å²) in [4.78, 5) is 11.6. The molecule has 2 aromatic carbocycles. The first-order valence-corrected chi connectivity index (χ1v) is 8.19. The van der Waals surface area contributed by atoms with Gasteiger partial charge < -0.3 is 10.2 Å². The number of carboxylic acid groups (broad SMARTS) is 1. The van der Waals surface area contributed by atoms with Gasteiger partial charge in [0.05, 0.1) is 6.10 Å². The first-order valence-electron chi connectivity index (χ1n) is 7.25. The average Bonchev–Trinajstić information content (AvgIpc) is 3.11. The minimum atomic E-state index is -1.05. The summed E-state index contributed by atoms with van der Waals surface area (Å²) in [6.07, 6.45) is -1.05. The normalized spacial score (nSPS) is 13.4. The number of hydrogen-bond donors (Lipinski definition) is 2. The van der Waals surface area contributed by atoms with E-state index in [9.17, 15) is 15.0 Å². The molecule has 116 valence electrons. The molecule has 0 aliphatic carbocycles. The third-order valence-corrected chi connectivity index (χ3v) is 4.54. The molecular weight excluding hydrogens is 308 g/mol. The van der Waals surface area contributed by atoms with Crippen molar-refractivity contribution in [2.75, 3.05) is 0 Å². The maximum Gasteiger partial charge on any atom is 0.314 e. The van der Waals surface area contributed by atoms with Crippen LogP contribution in [0.4, 0.5) is 0 Å². The topological polar surface area (TPSA) is 57.5 Å². The van der Waals surface area contributed by atoms with Crippen LogP contribution < -0.4 is 0 Å². The van der Waals surface area contributed by atoms with Crippen LogP contribution in [0.25, 0.3) is 11.1 Å². The van der Waals surface area contributed by atoms with Gasteiger partial charge >= 0.3 is 5.97 Å². The van der Waals surface area contributed by atoms with Gasteiger partial charge in [0.2, 0.25) is 0 Å². The molecule has 1 heterocycles. The Bertz CT molecular complexity index is 764. The van der Waals surface area contributed by atoms with Crippen molar-refractivity contribution >= 4 is 17.3 Å². The fourth-order valence-electron chi connectivity index (χ4n) is 2.61. The number of rotatable bonds is 5. The van der Waals surface area contributed by atoms with Gasteiger partial charge in [-0.2, -0.15) is 11.3 Å². The van der Waals surface area contributed by atoms with Crippen molar-refractivity contribution in [3.8, 4) is 11.1 Å². The van der Waals surface area contributed by atoms with E-state index in [1.54, 1.807) is 23.6 Å². The largest absolute Gasteiger partial charge is 0.481 e. The van der Waals surface area contributed by atoms with Crippen molar-refractivity contribution in [3.63, 3.8) is 0 Å². The van der Waals surface area contributed by atoms with E-state index in [1.807, 2.05) is 47.8 Å². The number of aliphatic hydroxyl groups is 1. The molecule has 0 unspecified atom stereocenters. The molecule has 4 heteroatoms. The second-order valence-corrected chi connectivity index (χ2v) is 6.09. The lowest BCUT2D eigenvalue weighted by Crippen LogP contribution is -2.19. The summed E-state index contributed by atoms with van der Waals surface area (Å²) in [5.74, 6) is -2.01. The molecule has 0 amide bonds. The third-order valence-electron chi connectivity index (χ3n) is 3.84. The van der Waals surface area contributed by atoms with Gasteiger partial charge in [0.15, 0.2) is 0 Å². The van der Waals surface area contributed by atoms with Crippen molar-refractivity contribution in [2.45, 2.75) is 12.0 Å². The molecule has 0 spiro atoms. The zero-order valence-electron chi connectivity index (χ0n) is 12.3. The second-order valence-electron chi connectivity index (χ2n) is 5.31. The summed E-state index contributed by atoms with van der Waals surface area (Å²) in [7, 11) is 0. The lowest BCUT2D eigenvalue weighted by atomic mass is 9.89. The van der Waals surface area contributed by atoms with Crippen molar-refractivity contribution in [1.29, 1.82) is 0 Å². The van der Waals surface area contributed by atoms with Crippen LogP contribution in [0.15, 0.2) is 71.4 Å². The first-order chi connectivity index (χ1) is 11.2. The van der Waals surface area contributed by atoms with E-state index in [0.717, 1.165) is 11.1 Å². The maximum absolute atomic E-state index is 11.6. The van der Waals surface area contributed by atoms with Crippen LogP contribution in [0, 0.1) is 0 Å². The van der Waals surface area contributed by atoms with Gasteiger partial charge in [-0.15, -0.1) is 0 Å². The summed E-state index contributed by atoms with van der Waals surface area (Å²) in [6.45, 7) is 0. The first kappa shape index (κ1) is 15.5. The molecule has 1 aromatic heterocycles. The molecule has 0 aliphatic heterocycles. The van der Waals surface area contributed by atoms with Crippen LogP contribution >= 0.6 is 11.3 Å². The second kappa shape index (κ2) is 6.77. The van der Waals surface area contributed by atoms with E-state index < -0.39 is 18.0 Å². The molecule has 0 fully saturated rings. The van der Waals surface area contributed by atoms with Crippen LogP contribution in [0.1, 0.15) is 23.1 Å². The zero-order valence-corrected chi connectivity index (χ0v) is 13.1. The van der Waals surface area contributed by atoms with Crippen molar-refractivity contribution < 1.29 is 15.0 Å². The molecule has 0 saturated heterocycles. The van der Waals surface area contributed by atoms with Crippen LogP contribution in [-0.4, -0.2) is 16.2 Å². The Hall–Kier alpha value is -2.43. The highest BCUT2D eigenvalue weighted by Crippen LogP contribution is 2.33. The average molecular weight is 324 g/mol. The quantitative estimate of drug-likeness (QED) is 0.735. The van der Waals surface area contributed by atoms with E-state index >= 15 is 0 Å². The summed E-state index contributed by atoms with van der Waals surface area (Å²) in [6, 6.07) is 19.0. The molecule has 0 saturated carbocycles.